The predicted octanol–water partition coefficient (Wildman–Crippen LogP) is 5.56. The van der Waals surface area contributed by atoms with Gasteiger partial charge in [-0.25, -0.2) is 9.79 Å². The van der Waals surface area contributed by atoms with E-state index in [0.717, 1.165) is 26.9 Å². The van der Waals surface area contributed by atoms with Gasteiger partial charge in [0.25, 0.3) is 11.2 Å². The SMILES string of the molecule is CCOC(=O)C1=C(C)n2c(s/c(=C\c3ccc(Br)cc3)c2=O)=N[C@@H]1c1cc(OCC)c(OCc2ccccc2)cc1[N+](=O)[O-]. The number of hydrogen-bond donors (Lipinski definition) is 0. The summed E-state index contributed by atoms with van der Waals surface area (Å²) in [4.78, 5) is 43.9. The quantitative estimate of drug-likeness (QED) is 0.122. The number of thiazole rings is 1. The summed E-state index contributed by atoms with van der Waals surface area (Å²) in [7, 11) is 0. The van der Waals surface area contributed by atoms with Crippen molar-refractivity contribution < 1.29 is 23.9 Å². The zero-order chi connectivity index (χ0) is 31.4. The van der Waals surface area contributed by atoms with Gasteiger partial charge in [0.2, 0.25) is 0 Å². The van der Waals surface area contributed by atoms with Crippen LogP contribution in [-0.2, 0) is 16.1 Å². The lowest BCUT2D eigenvalue weighted by atomic mass is 9.94. The first-order chi connectivity index (χ1) is 21.2. The first-order valence-corrected chi connectivity index (χ1v) is 15.4. The molecule has 1 aromatic heterocycles. The predicted molar refractivity (Wildman–Crippen MR) is 170 cm³/mol. The highest BCUT2D eigenvalue weighted by atomic mass is 79.9. The van der Waals surface area contributed by atoms with Crippen molar-refractivity contribution in [3.8, 4) is 11.5 Å². The lowest BCUT2D eigenvalue weighted by Gasteiger charge is -2.23. The second kappa shape index (κ2) is 13.4. The van der Waals surface area contributed by atoms with Gasteiger partial charge in [0.15, 0.2) is 16.3 Å². The summed E-state index contributed by atoms with van der Waals surface area (Å²) >= 11 is 4.54. The Hall–Kier alpha value is -4.55. The lowest BCUT2D eigenvalue weighted by molar-refractivity contribution is -0.385. The number of carbonyl (C=O) groups is 1. The minimum Gasteiger partial charge on any atom is -0.490 e. The molecule has 1 atom stereocenters. The fraction of sp³-hybridized carbons (Fsp3) is 0.219. The number of halogens is 1. The maximum Gasteiger partial charge on any atom is 0.338 e. The van der Waals surface area contributed by atoms with Crippen LogP contribution in [0.15, 0.2) is 86.6 Å². The molecule has 3 aromatic carbocycles. The van der Waals surface area contributed by atoms with Crippen molar-refractivity contribution in [2.24, 2.45) is 4.99 Å². The molecule has 0 spiro atoms. The van der Waals surface area contributed by atoms with Crippen LogP contribution in [0.5, 0.6) is 11.5 Å². The Morgan fingerprint density at radius 2 is 1.77 bits per heavy atom. The standard InChI is InChI=1S/C32H28BrN3O7S/c1-4-41-25-16-23(24(36(39)40)17-26(25)43-18-21-9-7-6-8-10-21)29-28(31(38)42-5-2)19(3)35-30(37)27(44-32(35)34-29)15-20-11-13-22(33)14-12-20/h6-17,29H,4-5,18H2,1-3H3/b27-15-/t29-/m1/s1. The van der Waals surface area contributed by atoms with E-state index in [-0.39, 0.29) is 59.4 Å². The summed E-state index contributed by atoms with van der Waals surface area (Å²) in [5.41, 5.74) is 1.43. The topological polar surface area (TPSA) is 122 Å². The number of esters is 1. The van der Waals surface area contributed by atoms with Gasteiger partial charge in [0.05, 0.1) is 39.9 Å². The second-order valence-electron chi connectivity index (χ2n) is 9.66. The highest BCUT2D eigenvalue weighted by Gasteiger charge is 2.36. The number of nitrogens with zero attached hydrogens (tertiary/aromatic N) is 3. The number of rotatable bonds is 10. The van der Waals surface area contributed by atoms with Crippen LogP contribution >= 0.6 is 27.3 Å². The zero-order valence-corrected chi connectivity index (χ0v) is 26.5. The highest BCUT2D eigenvalue weighted by molar-refractivity contribution is 9.10. The largest absolute Gasteiger partial charge is 0.490 e. The van der Waals surface area contributed by atoms with Crippen molar-refractivity contribution >= 4 is 50.7 Å². The molecule has 0 N–H and O–H groups in total. The molecular weight excluding hydrogens is 650 g/mol. The van der Waals surface area contributed by atoms with Gasteiger partial charge in [0.1, 0.15) is 12.6 Å². The Bertz CT molecular complexity index is 1930. The van der Waals surface area contributed by atoms with Gasteiger partial charge in [-0.15, -0.1) is 0 Å². The van der Waals surface area contributed by atoms with E-state index in [1.807, 2.05) is 54.6 Å². The molecule has 0 bridgehead atoms. The fourth-order valence-electron chi connectivity index (χ4n) is 4.81. The molecule has 0 saturated heterocycles. The van der Waals surface area contributed by atoms with Gasteiger partial charge < -0.3 is 14.2 Å². The number of benzene rings is 3. The van der Waals surface area contributed by atoms with E-state index in [0.29, 0.717) is 9.33 Å². The third kappa shape index (κ3) is 6.36. The van der Waals surface area contributed by atoms with Gasteiger partial charge in [-0.05, 0) is 56.2 Å². The molecule has 1 aliphatic rings. The summed E-state index contributed by atoms with van der Waals surface area (Å²) in [6, 6.07) is 18.5. The number of fused-ring (bicyclic) bond motifs is 1. The number of nitro benzene ring substituents is 1. The highest BCUT2D eigenvalue weighted by Crippen LogP contribution is 2.43. The van der Waals surface area contributed by atoms with Crippen LogP contribution in [0.25, 0.3) is 11.8 Å². The average molecular weight is 679 g/mol. The molecular formula is C32H28BrN3O7S. The molecule has 0 aliphatic carbocycles. The van der Waals surface area contributed by atoms with Crippen molar-refractivity contribution in [1.82, 2.24) is 4.57 Å². The van der Waals surface area contributed by atoms with Crippen molar-refractivity contribution in [3.05, 3.63) is 123 Å². The van der Waals surface area contributed by atoms with Crippen LogP contribution in [0, 0.1) is 10.1 Å². The first-order valence-electron chi connectivity index (χ1n) is 13.8. The van der Waals surface area contributed by atoms with Crippen LogP contribution in [0.1, 0.15) is 43.5 Å². The molecule has 12 heteroatoms. The van der Waals surface area contributed by atoms with Gasteiger partial charge in [-0.1, -0.05) is 69.7 Å². The Kier molecular flexibility index (Phi) is 9.40. The number of hydrogen-bond acceptors (Lipinski definition) is 9. The number of ether oxygens (including phenoxy) is 3. The van der Waals surface area contributed by atoms with Crippen LogP contribution in [0.2, 0.25) is 0 Å². The normalized spacial score (nSPS) is 14.5. The van der Waals surface area contributed by atoms with Crippen molar-refractivity contribution in [2.45, 2.75) is 33.4 Å². The zero-order valence-electron chi connectivity index (χ0n) is 24.1. The molecule has 5 rings (SSSR count). The van der Waals surface area contributed by atoms with Crippen LogP contribution in [0.4, 0.5) is 5.69 Å². The van der Waals surface area contributed by atoms with E-state index in [9.17, 15) is 19.7 Å². The minimum absolute atomic E-state index is 0.0259. The van der Waals surface area contributed by atoms with Crippen LogP contribution in [-0.4, -0.2) is 28.7 Å². The fourth-order valence-corrected chi connectivity index (χ4v) is 6.12. The van der Waals surface area contributed by atoms with Crippen molar-refractivity contribution in [2.75, 3.05) is 13.2 Å². The van der Waals surface area contributed by atoms with Crippen molar-refractivity contribution in [1.29, 1.82) is 0 Å². The Morgan fingerprint density at radius 1 is 1.07 bits per heavy atom. The maximum atomic E-state index is 13.6. The lowest BCUT2D eigenvalue weighted by Crippen LogP contribution is -2.35. The summed E-state index contributed by atoms with van der Waals surface area (Å²) in [5, 5.41) is 12.4. The third-order valence-electron chi connectivity index (χ3n) is 6.83. The molecule has 0 amide bonds. The molecule has 44 heavy (non-hydrogen) atoms. The molecule has 1 aliphatic heterocycles. The smallest absolute Gasteiger partial charge is 0.338 e. The molecule has 226 valence electrons. The molecule has 0 fully saturated rings. The summed E-state index contributed by atoms with van der Waals surface area (Å²) in [5.74, 6) is -0.282. The monoisotopic (exact) mass is 677 g/mol. The Morgan fingerprint density at radius 3 is 2.43 bits per heavy atom. The third-order valence-corrected chi connectivity index (χ3v) is 8.34. The number of aromatic nitrogens is 1. The molecule has 2 heterocycles. The van der Waals surface area contributed by atoms with Gasteiger partial charge >= 0.3 is 5.97 Å². The molecule has 0 saturated carbocycles. The summed E-state index contributed by atoms with van der Waals surface area (Å²) in [6.45, 7) is 5.55. The van der Waals surface area contributed by atoms with E-state index >= 15 is 0 Å². The number of nitro groups is 1. The van der Waals surface area contributed by atoms with Gasteiger partial charge in [0, 0.05) is 10.2 Å². The van der Waals surface area contributed by atoms with E-state index in [4.69, 9.17) is 19.2 Å². The summed E-state index contributed by atoms with van der Waals surface area (Å²) < 4.78 is 19.8. The molecule has 10 nitrogen and oxygen atoms in total. The number of allylic oxidation sites excluding steroid dienone is 1. The molecule has 0 radical (unpaired) electrons. The minimum atomic E-state index is -1.14. The second-order valence-corrected chi connectivity index (χ2v) is 11.6. The maximum absolute atomic E-state index is 13.6. The van der Waals surface area contributed by atoms with Crippen molar-refractivity contribution in [3.63, 3.8) is 0 Å². The number of carbonyl (C=O) groups excluding carboxylic acids is 1. The van der Waals surface area contributed by atoms with Crippen LogP contribution in [0.3, 0.4) is 0 Å². The van der Waals surface area contributed by atoms with E-state index in [1.54, 1.807) is 26.8 Å². The molecule has 0 unspecified atom stereocenters. The summed E-state index contributed by atoms with van der Waals surface area (Å²) in [6.07, 6.45) is 1.74. The van der Waals surface area contributed by atoms with Gasteiger partial charge in [-0.3, -0.25) is 19.5 Å². The van der Waals surface area contributed by atoms with E-state index in [1.165, 1.54) is 16.7 Å². The first kappa shape index (κ1) is 30.9. The Labute approximate surface area is 264 Å². The van der Waals surface area contributed by atoms with Gasteiger partial charge in [-0.2, -0.15) is 0 Å². The average Bonchev–Trinajstić information content (AvgIpc) is 3.32. The molecule has 4 aromatic rings. The Balaban J connectivity index is 1.69. The van der Waals surface area contributed by atoms with E-state index in [2.05, 4.69) is 15.9 Å². The van der Waals surface area contributed by atoms with Crippen LogP contribution < -0.4 is 24.4 Å². The van der Waals surface area contributed by atoms with E-state index < -0.39 is 16.9 Å².